The molecule has 0 saturated carbocycles. The van der Waals surface area contributed by atoms with E-state index in [0.29, 0.717) is 25.0 Å². The van der Waals surface area contributed by atoms with E-state index in [2.05, 4.69) is 41.7 Å². The van der Waals surface area contributed by atoms with Crippen molar-refractivity contribution in [2.24, 2.45) is 5.92 Å². The van der Waals surface area contributed by atoms with E-state index >= 15 is 0 Å². The van der Waals surface area contributed by atoms with Crippen molar-refractivity contribution in [1.82, 2.24) is 13.9 Å². The number of hydrogen-bond acceptors (Lipinski definition) is 6. The average Bonchev–Trinajstić information content (AvgIpc) is 3.19. The molecule has 1 N–H and O–H groups in total. The second kappa shape index (κ2) is 10.8. The fourth-order valence-corrected chi connectivity index (χ4v) is 6.63. The molecule has 182 valence electrons. The lowest BCUT2D eigenvalue weighted by Crippen LogP contribution is -2.45. The van der Waals surface area contributed by atoms with Crippen LogP contribution in [0.3, 0.4) is 0 Å². The van der Waals surface area contributed by atoms with E-state index in [1.54, 1.807) is 0 Å². The van der Waals surface area contributed by atoms with Gasteiger partial charge in [-0.1, -0.05) is 19.1 Å². The molecule has 32 heavy (non-hydrogen) atoms. The van der Waals surface area contributed by atoms with Crippen LogP contribution in [0, 0.1) is 5.92 Å². The Hall–Kier alpha value is -1.20. The molecule has 0 radical (unpaired) electrons. The van der Waals surface area contributed by atoms with Gasteiger partial charge in [0.1, 0.15) is 5.75 Å². The van der Waals surface area contributed by atoms with Crippen molar-refractivity contribution in [3.05, 3.63) is 29.3 Å². The van der Waals surface area contributed by atoms with E-state index in [4.69, 9.17) is 4.74 Å². The SMILES string of the molecule is CCN(CC1CCN(S(=O)(=O)CCNS(C)(=O)=O)CC1)[C@@H](C)Cc1ccc2c(c1)CCO2. The van der Waals surface area contributed by atoms with Crippen molar-refractivity contribution in [2.75, 3.05) is 51.3 Å². The highest BCUT2D eigenvalue weighted by Gasteiger charge is 2.29. The van der Waals surface area contributed by atoms with Gasteiger partial charge >= 0.3 is 0 Å². The van der Waals surface area contributed by atoms with E-state index in [-0.39, 0.29) is 12.3 Å². The maximum absolute atomic E-state index is 12.5. The van der Waals surface area contributed by atoms with Gasteiger partial charge in [-0.05, 0) is 55.8 Å². The van der Waals surface area contributed by atoms with Gasteiger partial charge in [0.15, 0.2) is 0 Å². The summed E-state index contributed by atoms with van der Waals surface area (Å²) >= 11 is 0. The maximum atomic E-state index is 12.5. The molecule has 1 fully saturated rings. The summed E-state index contributed by atoms with van der Waals surface area (Å²) < 4.78 is 56.7. The predicted molar refractivity (Wildman–Crippen MR) is 127 cm³/mol. The summed E-state index contributed by atoms with van der Waals surface area (Å²) in [5.74, 6) is 1.28. The van der Waals surface area contributed by atoms with Crippen molar-refractivity contribution in [3.63, 3.8) is 0 Å². The zero-order valence-electron chi connectivity index (χ0n) is 19.4. The van der Waals surface area contributed by atoms with Crippen molar-refractivity contribution < 1.29 is 21.6 Å². The maximum Gasteiger partial charge on any atom is 0.215 e. The lowest BCUT2D eigenvalue weighted by atomic mass is 9.96. The summed E-state index contributed by atoms with van der Waals surface area (Å²) in [7, 11) is -6.82. The number of likely N-dealkylation sites (N-methyl/N-ethyl adjacent to an activating group) is 1. The number of sulfonamides is 2. The highest BCUT2D eigenvalue weighted by atomic mass is 32.2. The smallest absolute Gasteiger partial charge is 0.215 e. The average molecular weight is 488 g/mol. The Morgan fingerprint density at radius 2 is 1.94 bits per heavy atom. The Balaban J connectivity index is 1.47. The summed E-state index contributed by atoms with van der Waals surface area (Å²) in [6, 6.07) is 6.93. The monoisotopic (exact) mass is 487 g/mol. The fourth-order valence-electron chi connectivity index (χ4n) is 4.64. The zero-order valence-corrected chi connectivity index (χ0v) is 21.1. The minimum atomic E-state index is -3.44. The molecule has 1 atom stereocenters. The molecule has 1 aromatic carbocycles. The van der Waals surface area contributed by atoms with Gasteiger partial charge in [-0.2, -0.15) is 0 Å². The van der Waals surface area contributed by atoms with Gasteiger partial charge in [0, 0.05) is 38.6 Å². The molecule has 2 aliphatic rings. The topological polar surface area (TPSA) is 96.0 Å². The standard InChI is InChI=1S/C22H37N3O5S2/c1-4-24(18(2)15-20-5-6-22-21(16-20)9-13-30-22)17-19-7-11-25(12-8-19)32(28,29)14-10-23-31(3,26)27/h5-6,16,18-19,23H,4,7-15,17H2,1-3H3/t18-/m0/s1. The molecule has 0 unspecified atom stereocenters. The molecule has 10 heteroatoms. The van der Waals surface area contributed by atoms with Crippen LogP contribution in [-0.2, 0) is 32.9 Å². The van der Waals surface area contributed by atoms with Crippen LogP contribution in [0.2, 0.25) is 0 Å². The van der Waals surface area contributed by atoms with E-state index in [1.165, 1.54) is 15.4 Å². The summed E-state index contributed by atoms with van der Waals surface area (Å²) in [4.78, 5) is 2.49. The quantitative estimate of drug-likeness (QED) is 0.508. The Kier molecular flexibility index (Phi) is 8.59. The van der Waals surface area contributed by atoms with Gasteiger partial charge in [-0.15, -0.1) is 0 Å². The van der Waals surface area contributed by atoms with Crippen molar-refractivity contribution in [1.29, 1.82) is 0 Å². The third kappa shape index (κ3) is 7.15. The van der Waals surface area contributed by atoms with Gasteiger partial charge in [0.25, 0.3) is 0 Å². The van der Waals surface area contributed by atoms with Crippen LogP contribution in [0.15, 0.2) is 18.2 Å². The van der Waals surface area contributed by atoms with Gasteiger partial charge in [-0.25, -0.2) is 25.9 Å². The Labute approximate surface area is 193 Å². The molecule has 8 nitrogen and oxygen atoms in total. The Bertz CT molecular complexity index is 973. The van der Waals surface area contributed by atoms with Crippen LogP contribution in [0.5, 0.6) is 5.75 Å². The second-order valence-electron chi connectivity index (χ2n) is 9.01. The van der Waals surface area contributed by atoms with Crippen LogP contribution in [-0.4, -0.2) is 83.4 Å². The van der Waals surface area contributed by atoms with Crippen molar-refractivity contribution in [2.45, 2.75) is 45.6 Å². The number of nitrogens with one attached hydrogen (secondary N) is 1. The molecule has 0 aliphatic carbocycles. The number of piperidine rings is 1. The molecule has 0 aromatic heterocycles. The third-order valence-electron chi connectivity index (χ3n) is 6.50. The van der Waals surface area contributed by atoms with Gasteiger partial charge < -0.3 is 9.64 Å². The Morgan fingerprint density at radius 1 is 1.22 bits per heavy atom. The van der Waals surface area contributed by atoms with Crippen LogP contribution < -0.4 is 9.46 Å². The first-order valence-corrected chi connectivity index (χ1v) is 15.0. The van der Waals surface area contributed by atoms with Crippen molar-refractivity contribution >= 4 is 20.0 Å². The molecular formula is C22H37N3O5S2. The minimum absolute atomic E-state index is 0.0863. The summed E-state index contributed by atoms with van der Waals surface area (Å²) in [6.45, 7) is 8.07. The van der Waals surface area contributed by atoms with Gasteiger partial charge in [-0.3, -0.25) is 0 Å². The van der Waals surface area contributed by atoms with Gasteiger partial charge in [0.05, 0.1) is 18.6 Å². The van der Waals surface area contributed by atoms with Crippen LogP contribution >= 0.6 is 0 Å². The number of ether oxygens (including phenoxy) is 1. The number of benzene rings is 1. The van der Waals surface area contributed by atoms with Crippen LogP contribution in [0.1, 0.15) is 37.8 Å². The molecule has 0 amide bonds. The number of rotatable bonds is 11. The lowest BCUT2D eigenvalue weighted by molar-refractivity contribution is 0.152. The highest BCUT2D eigenvalue weighted by molar-refractivity contribution is 7.89. The van der Waals surface area contributed by atoms with Gasteiger partial charge in [0.2, 0.25) is 20.0 Å². The fraction of sp³-hybridized carbons (Fsp3) is 0.727. The molecule has 1 saturated heterocycles. The van der Waals surface area contributed by atoms with Crippen molar-refractivity contribution in [3.8, 4) is 5.75 Å². The molecule has 2 aliphatic heterocycles. The second-order valence-corrected chi connectivity index (χ2v) is 12.9. The molecule has 2 heterocycles. The molecule has 1 aromatic rings. The first-order chi connectivity index (χ1) is 15.1. The first kappa shape index (κ1) is 25.4. The summed E-state index contributed by atoms with van der Waals surface area (Å²) in [5.41, 5.74) is 2.64. The highest BCUT2D eigenvalue weighted by Crippen LogP contribution is 2.27. The van der Waals surface area contributed by atoms with E-state index < -0.39 is 20.0 Å². The molecule has 0 bridgehead atoms. The van der Waals surface area contributed by atoms with Crippen LogP contribution in [0.25, 0.3) is 0 Å². The minimum Gasteiger partial charge on any atom is -0.493 e. The number of nitrogens with zero attached hydrogens (tertiary/aromatic N) is 2. The van der Waals surface area contributed by atoms with E-state index in [1.807, 2.05) is 0 Å². The number of hydrogen-bond donors (Lipinski definition) is 1. The predicted octanol–water partition coefficient (Wildman–Crippen LogP) is 1.47. The molecule has 3 rings (SSSR count). The molecular weight excluding hydrogens is 450 g/mol. The Morgan fingerprint density at radius 3 is 2.59 bits per heavy atom. The summed E-state index contributed by atoms with van der Waals surface area (Å²) in [6.07, 6.45) is 4.67. The largest absolute Gasteiger partial charge is 0.493 e. The third-order valence-corrected chi connectivity index (χ3v) is 9.10. The number of fused-ring (bicyclic) bond motifs is 1. The lowest BCUT2D eigenvalue weighted by Gasteiger charge is -2.36. The normalized spacial score (nSPS) is 19.1. The van der Waals surface area contributed by atoms with E-state index in [9.17, 15) is 16.8 Å². The zero-order chi connectivity index (χ0) is 23.4. The summed E-state index contributed by atoms with van der Waals surface area (Å²) in [5, 5.41) is 0. The van der Waals surface area contributed by atoms with E-state index in [0.717, 1.165) is 57.4 Å². The van der Waals surface area contributed by atoms with Crippen LogP contribution in [0.4, 0.5) is 0 Å². The molecule has 0 spiro atoms. The first-order valence-electron chi connectivity index (χ1n) is 11.5.